The standard InChI is InChI=1S/C14H20N6O/c21-14(4-9-20-10-8-18-19-20)17-7-2-6-16-12-13-3-1-5-15-11-13/h1,3,5,8,10-11,16H,2,4,6-7,9,12H2,(H,17,21). The molecule has 0 atom stereocenters. The normalized spacial score (nSPS) is 10.5. The molecule has 0 spiro atoms. The molecule has 2 rings (SSSR count). The van der Waals surface area contributed by atoms with Gasteiger partial charge in [-0.05, 0) is 24.6 Å². The van der Waals surface area contributed by atoms with Gasteiger partial charge in [-0.2, -0.15) is 0 Å². The summed E-state index contributed by atoms with van der Waals surface area (Å²) < 4.78 is 1.65. The Morgan fingerprint density at radius 2 is 2.24 bits per heavy atom. The second kappa shape index (κ2) is 8.80. The second-order valence-corrected chi connectivity index (χ2v) is 4.66. The van der Waals surface area contributed by atoms with E-state index in [0.717, 1.165) is 25.1 Å². The first-order chi connectivity index (χ1) is 10.3. The molecule has 0 saturated carbocycles. The van der Waals surface area contributed by atoms with Crippen molar-refractivity contribution in [1.29, 1.82) is 0 Å². The highest BCUT2D eigenvalue weighted by molar-refractivity contribution is 5.75. The van der Waals surface area contributed by atoms with Gasteiger partial charge in [-0.15, -0.1) is 5.10 Å². The highest BCUT2D eigenvalue weighted by Crippen LogP contribution is 1.94. The predicted octanol–water partition coefficient (Wildman–Crippen LogP) is 0.359. The van der Waals surface area contributed by atoms with Crippen LogP contribution >= 0.6 is 0 Å². The fourth-order valence-corrected chi connectivity index (χ4v) is 1.83. The Kier molecular flexibility index (Phi) is 6.34. The molecule has 2 aromatic heterocycles. The average molecular weight is 288 g/mol. The third-order valence-electron chi connectivity index (χ3n) is 2.94. The lowest BCUT2D eigenvalue weighted by Crippen LogP contribution is -2.28. The van der Waals surface area contributed by atoms with Crippen molar-refractivity contribution in [2.45, 2.75) is 25.9 Å². The minimum atomic E-state index is 0.0396. The van der Waals surface area contributed by atoms with Crippen molar-refractivity contribution < 1.29 is 4.79 Å². The fraction of sp³-hybridized carbons (Fsp3) is 0.429. The Hall–Kier alpha value is -2.28. The van der Waals surface area contributed by atoms with Gasteiger partial charge in [0.25, 0.3) is 0 Å². The molecule has 2 aromatic rings. The number of hydrogen-bond acceptors (Lipinski definition) is 5. The van der Waals surface area contributed by atoms with Crippen molar-refractivity contribution in [2.24, 2.45) is 0 Å². The van der Waals surface area contributed by atoms with Gasteiger partial charge in [-0.3, -0.25) is 14.5 Å². The number of aryl methyl sites for hydroxylation is 1. The molecule has 21 heavy (non-hydrogen) atoms. The van der Waals surface area contributed by atoms with Gasteiger partial charge in [-0.25, -0.2) is 0 Å². The Labute approximate surface area is 123 Å². The van der Waals surface area contributed by atoms with E-state index in [1.165, 1.54) is 0 Å². The van der Waals surface area contributed by atoms with E-state index in [0.29, 0.717) is 19.5 Å². The number of carbonyl (C=O) groups excluding carboxylic acids is 1. The first-order valence-electron chi connectivity index (χ1n) is 7.05. The van der Waals surface area contributed by atoms with E-state index in [2.05, 4.69) is 25.9 Å². The molecular formula is C14H20N6O. The molecular weight excluding hydrogens is 268 g/mol. The number of nitrogens with zero attached hydrogens (tertiary/aromatic N) is 4. The second-order valence-electron chi connectivity index (χ2n) is 4.66. The summed E-state index contributed by atoms with van der Waals surface area (Å²) >= 11 is 0. The van der Waals surface area contributed by atoms with Gasteiger partial charge < -0.3 is 10.6 Å². The first-order valence-corrected chi connectivity index (χ1v) is 7.05. The summed E-state index contributed by atoms with van der Waals surface area (Å²) in [5.74, 6) is 0.0396. The third-order valence-corrected chi connectivity index (χ3v) is 2.94. The predicted molar refractivity (Wildman–Crippen MR) is 78.2 cm³/mol. The number of pyridine rings is 1. The quantitative estimate of drug-likeness (QED) is 0.651. The highest BCUT2D eigenvalue weighted by Gasteiger charge is 2.01. The van der Waals surface area contributed by atoms with Crippen LogP contribution in [0.1, 0.15) is 18.4 Å². The van der Waals surface area contributed by atoms with Crippen LogP contribution in [-0.2, 0) is 17.9 Å². The highest BCUT2D eigenvalue weighted by atomic mass is 16.1. The van der Waals surface area contributed by atoms with Crippen molar-refractivity contribution in [3.8, 4) is 0 Å². The monoisotopic (exact) mass is 288 g/mol. The Morgan fingerprint density at radius 3 is 3.00 bits per heavy atom. The molecule has 0 aliphatic heterocycles. The van der Waals surface area contributed by atoms with E-state index in [1.807, 2.05) is 18.3 Å². The summed E-state index contributed by atoms with van der Waals surface area (Å²) in [7, 11) is 0. The van der Waals surface area contributed by atoms with Crippen LogP contribution in [0.15, 0.2) is 36.9 Å². The third kappa shape index (κ3) is 6.13. The van der Waals surface area contributed by atoms with Gasteiger partial charge in [0.15, 0.2) is 0 Å². The summed E-state index contributed by atoms with van der Waals surface area (Å²) in [4.78, 5) is 15.6. The van der Waals surface area contributed by atoms with Crippen LogP contribution in [0, 0.1) is 0 Å². The van der Waals surface area contributed by atoms with Crippen LogP contribution in [0.4, 0.5) is 0 Å². The zero-order valence-corrected chi connectivity index (χ0v) is 11.9. The van der Waals surface area contributed by atoms with Crippen LogP contribution in [0.5, 0.6) is 0 Å². The van der Waals surface area contributed by atoms with Gasteiger partial charge >= 0.3 is 0 Å². The first kappa shape index (κ1) is 15.1. The van der Waals surface area contributed by atoms with E-state index in [1.54, 1.807) is 23.3 Å². The van der Waals surface area contributed by atoms with Gasteiger partial charge in [0.05, 0.1) is 12.7 Å². The van der Waals surface area contributed by atoms with Gasteiger partial charge in [0, 0.05) is 38.1 Å². The Balaban J connectivity index is 1.47. The molecule has 2 heterocycles. The summed E-state index contributed by atoms with van der Waals surface area (Å²) in [6.45, 7) is 2.90. The van der Waals surface area contributed by atoms with Crippen LogP contribution in [0.3, 0.4) is 0 Å². The minimum absolute atomic E-state index is 0.0396. The SMILES string of the molecule is O=C(CCn1ccnn1)NCCCNCc1cccnc1. The number of carbonyl (C=O) groups is 1. The molecule has 0 fully saturated rings. The summed E-state index contributed by atoms with van der Waals surface area (Å²) in [5.41, 5.74) is 1.16. The van der Waals surface area contributed by atoms with Crippen molar-refractivity contribution >= 4 is 5.91 Å². The van der Waals surface area contributed by atoms with Gasteiger partial charge in [0.1, 0.15) is 0 Å². The number of nitrogens with one attached hydrogen (secondary N) is 2. The lowest BCUT2D eigenvalue weighted by Gasteiger charge is -2.06. The molecule has 0 unspecified atom stereocenters. The van der Waals surface area contributed by atoms with Crippen LogP contribution in [-0.4, -0.2) is 39.0 Å². The molecule has 7 nitrogen and oxygen atoms in total. The van der Waals surface area contributed by atoms with Crippen LogP contribution in [0.2, 0.25) is 0 Å². The molecule has 0 aliphatic rings. The number of rotatable bonds is 9. The summed E-state index contributed by atoms with van der Waals surface area (Å²) in [6.07, 6.45) is 8.28. The van der Waals surface area contributed by atoms with E-state index in [9.17, 15) is 4.79 Å². The van der Waals surface area contributed by atoms with Crippen molar-refractivity contribution in [1.82, 2.24) is 30.6 Å². The minimum Gasteiger partial charge on any atom is -0.356 e. The topological polar surface area (TPSA) is 84.7 Å². The maximum Gasteiger partial charge on any atom is 0.221 e. The van der Waals surface area contributed by atoms with E-state index in [4.69, 9.17) is 0 Å². The van der Waals surface area contributed by atoms with Crippen molar-refractivity contribution in [2.75, 3.05) is 13.1 Å². The molecule has 1 amide bonds. The summed E-state index contributed by atoms with van der Waals surface area (Å²) in [5, 5.41) is 13.7. The smallest absolute Gasteiger partial charge is 0.221 e. The Morgan fingerprint density at radius 1 is 1.29 bits per heavy atom. The zero-order chi connectivity index (χ0) is 14.8. The molecule has 112 valence electrons. The van der Waals surface area contributed by atoms with Crippen molar-refractivity contribution in [3.63, 3.8) is 0 Å². The molecule has 0 aromatic carbocycles. The van der Waals surface area contributed by atoms with Crippen LogP contribution < -0.4 is 10.6 Å². The molecule has 0 bridgehead atoms. The molecule has 0 radical (unpaired) electrons. The van der Waals surface area contributed by atoms with E-state index >= 15 is 0 Å². The number of aromatic nitrogens is 4. The van der Waals surface area contributed by atoms with Gasteiger partial charge in [0.2, 0.25) is 5.91 Å². The Bertz CT molecular complexity index is 514. The lowest BCUT2D eigenvalue weighted by atomic mass is 10.3. The molecule has 7 heteroatoms. The maximum absolute atomic E-state index is 11.6. The fourth-order valence-electron chi connectivity index (χ4n) is 1.83. The van der Waals surface area contributed by atoms with E-state index < -0.39 is 0 Å². The number of hydrogen-bond donors (Lipinski definition) is 2. The summed E-state index contributed by atoms with van der Waals surface area (Å²) in [6, 6.07) is 3.96. The molecule has 0 aliphatic carbocycles. The largest absolute Gasteiger partial charge is 0.356 e. The zero-order valence-electron chi connectivity index (χ0n) is 11.9. The van der Waals surface area contributed by atoms with Gasteiger partial charge in [-0.1, -0.05) is 11.3 Å². The lowest BCUT2D eigenvalue weighted by molar-refractivity contribution is -0.121. The molecule has 2 N–H and O–H groups in total. The number of amides is 1. The maximum atomic E-state index is 11.6. The van der Waals surface area contributed by atoms with Crippen LogP contribution in [0.25, 0.3) is 0 Å². The average Bonchev–Trinajstić information content (AvgIpc) is 3.03. The van der Waals surface area contributed by atoms with Crippen molar-refractivity contribution in [3.05, 3.63) is 42.5 Å². The van der Waals surface area contributed by atoms with E-state index in [-0.39, 0.29) is 5.91 Å². The molecule has 0 saturated heterocycles.